The number of rotatable bonds is 6. The van der Waals surface area contributed by atoms with Crippen LogP contribution in [0.3, 0.4) is 0 Å². The van der Waals surface area contributed by atoms with E-state index < -0.39 is 5.97 Å². The van der Waals surface area contributed by atoms with Gasteiger partial charge in [-0.25, -0.2) is 4.79 Å². The largest absolute Gasteiger partial charge is 0.496 e. The normalized spacial score (nSPS) is 9.88. The van der Waals surface area contributed by atoms with E-state index in [1.807, 2.05) is 0 Å². The molecule has 88 valence electrons. The molecule has 0 aliphatic carbocycles. The van der Waals surface area contributed by atoms with E-state index in [9.17, 15) is 4.79 Å². The summed E-state index contributed by atoms with van der Waals surface area (Å²) in [6.07, 6.45) is 2.04. The Kier molecular flexibility index (Phi) is 4.64. The van der Waals surface area contributed by atoms with Crippen molar-refractivity contribution in [1.29, 1.82) is 0 Å². The Balaban J connectivity index is 2.78. The Hall–Kier alpha value is -1.71. The zero-order valence-electron chi connectivity index (χ0n) is 9.53. The number of ether oxygens (including phenoxy) is 2. The SMILES string of the molecule is CCCCOc1ccc(C(=O)O)c(OC)c1. The molecule has 4 heteroatoms. The van der Waals surface area contributed by atoms with Crippen molar-refractivity contribution in [2.45, 2.75) is 19.8 Å². The number of carboxylic acids is 1. The third-order valence-corrected chi connectivity index (χ3v) is 2.17. The molecule has 1 rings (SSSR count). The second-order valence-electron chi connectivity index (χ2n) is 3.37. The van der Waals surface area contributed by atoms with Crippen LogP contribution >= 0.6 is 0 Å². The Morgan fingerprint density at radius 2 is 2.19 bits per heavy atom. The fourth-order valence-electron chi connectivity index (χ4n) is 1.27. The Morgan fingerprint density at radius 1 is 1.44 bits per heavy atom. The smallest absolute Gasteiger partial charge is 0.339 e. The lowest BCUT2D eigenvalue weighted by atomic mass is 10.2. The molecule has 0 radical (unpaired) electrons. The number of carbonyl (C=O) groups is 1. The quantitative estimate of drug-likeness (QED) is 0.754. The van der Waals surface area contributed by atoms with Crippen LogP contribution in [-0.4, -0.2) is 24.8 Å². The molecule has 0 saturated carbocycles. The number of aromatic carboxylic acids is 1. The molecule has 0 atom stereocenters. The molecule has 0 fully saturated rings. The van der Waals surface area contributed by atoms with Gasteiger partial charge in [0, 0.05) is 6.07 Å². The van der Waals surface area contributed by atoms with Crippen LogP contribution in [0.1, 0.15) is 30.1 Å². The highest BCUT2D eigenvalue weighted by atomic mass is 16.5. The summed E-state index contributed by atoms with van der Waals surface area (Å²) in [4.78, 5) is 10.8. The van der Waals surface area contributed by atoms with E-state index in [2.05, 4.69) is 6.92 Å². The van der Waals surface area contributed by atoms with Crippen LogP contribution in [-0.2, 0) is 0 Å². The van der Waals surface area contributed by atoms with Crippen molar-refractivity contribution in [3.63, 3.8) is 0 Å². The van der Waals surface area contributed by atoms with Gasteiger partial charge < -0.3 is 14.6 Å². The molecule has 0 aliphatic rings. The van der Waals surface area contributed by atoms with E-state index in [-0.39, 0.29) is 5.56 Å². The van der Waals surface area contributed by atoms with Crippen LogP contribution in [0.15, 0.2) is 18.2 Å². The lowest BCUT2D eigenvalue weighted by molar-refractivity contribution is 0.0693. The van der Waals surface area contributed by atoms with E-state index in [0.717, 1.165) is 12.8 Å². The summed E-state index contributed by atoms with van der Waals surface area (Å²) < 4.78 is 10.4. The van der Waals surface area contributed by atoms with Crippen LogP contribution < -0.4 is 9.47 Å². The number of hydrogen-bond acceptors (Lipinski definition) is 3. The van der Waals surface area contributed by atoms with Crippen LogP contribution in [0.2, 0.25) is 0 Å². The van der Waals surface area contributed by atoms with Crippen LogP contribution in [0.5, 0.6) is 11.5 Å². The van der Waals surface area contributed by atoms with Gasteiger partial charge in [0.1, 0.15) is 17.1 Å². The molecule has 0 unspecified atom stereocenters. The van der Waals surface area contributed by atoms with E-state index >= 15 is 0 Å². The summed E-state index contributed by atoms with van der Waals surface area (Å²) in [5.74, 6) is -0.0474. The van der Waals surface area contributed by atoms with Gasteiger partial charge in [-0.2, -0.15) is 0 Å². The Labute approximate surface area is 94.8 Å². The second kappa shape index (κ2) is 6.00. The van der Waals surface area contributed by atoms with Gasteiger partial charge >= 0.3 is 5.97 Å². The molecular weight excluding hydrogens is 208 g/mol. The van der Waals surface area contributed by atoms with Gasteiger partial charge in [-0.15, -0.1) is 0 Å². The molecule has 0 aliphatic heterocycles. The molecule has 0 spiro atoms. The Bertz CT molecular complexity index is 360. The zero-order valence-corrected chi connectivity index (χ0v) is 9.53. The first-order valence-corrected chi connectivity index (χ1v) is 5.23. The lowest BCUT2D eigenvalue weighted by Gasteiger charge is -2.09. The van der Waals surface area contributed by atoms with Crippen LogP contribution in [0.4, 0.5) is 0 Å². The van der Waals surface area contributed by atoms with E-state index in [4.69, 9.17) is 14.6 Å². The fraction of sp³-hybridized carbons (Fsp3) is 0.417. The molecule has 0 saturated heterocycles. The summed E-state index contributed by atoms with van der Waals surface area (Å²) >= 11 is 0. The van der Waals surface area contributed by atoms with Crippen molar-refractivity contribution in [3.05, 3.63) is 23.8 Å². The van der Waals surface area contributed by atoms with E-state index in [1.165, 1.54) is 13.2 Å². The van der Waals surface area contributed by atoms with Gasteiger partial charge in [0.25, 0.3) is 0 Å². The number of unbranched alkanes of at least 4 members (excludes halogenated alkanes) is 1. The monoisotopic (exact) mass is 224 g/mol. The minimum atomic E-state index is -1.00. The first-order valence-electron chi connectivity index (χ1n) is 5.23. The summed E-state index contributed by atoms with van der Waals surface area (Å²) in [7, 11) is 1.44. The topological polar surface area (TPSA) is 55.8 Å². The maximum atomic E-state index is 10.8. The molecule has 0 amide bonds. The molecule has 1 aromatic rings. The van der Waals surface area contributed by atoms with Crippen molar-refractivity contribution < 1.29 is 19.4 Å². The number of hydrogen-bond donors (Lipinski definition) is 1. The highest BCUT2D eigenvalue weighted by Gasteiger charge is 2.11. The molecule has 4 nitrogen and oxygen atoms in total. The highest BCUT2D eigenvalue weighted by molar-refractivity contribution is 5.91. The zero-order chi connectivity index (χ0) is 12.0. The molecule has 0 aromatic heterocycles. The van der Waals surface area contributed by atoms with Gasteiger partial charge in [-0.1, -0.05) is 13.3 Å². The molecule has 1 N–H and O–H groups in total. The predicted molar refractivity (Wildman–Crippen MR) is 60.4 cm³/mol. The third kappa shape index (κ3) is 3.15. The molecule has 0 heterocycles. The van der Waals surface area contributed by atoms with Crippen molar-refractivity contribution in [1.82, 2.24) is 0 Å². The average molecular weight is 224 g/mol. The van der Waals surface area contributed by atoms with Gasteiger partial charge in [0.05, 0.1) is 13.7 Å². The maximum Gasteiger partial charge on any atom is 0.339 e. The minimum absolute atomic E-state index is 0.144. The second-order valence-corrected chi connectivity index (χ2v) is 3.37. The average Bonchev–Trinajstić information content (AvgIpc) is 2.29. The lowest BCUT2D eigenvalue weighted by Crippen LogP contribution is -2.02. The summed E-state index contributed by atoms with van der Waals surface area (Å²) in [6.45, 7) is 2.71. The molecule has 16 heavy (non-hydrogen) atoms. The van der Waals surface area contributed by atoms with Crippen molar-refractivity contribution in [3.8, 4) is 11.5 Å². The van der Waals surface area contributed by atoms with Gasteiger partial charge in [0.15, 0.2) is 0 Å². The van der Waals surface area contributed by atoms with Gasteiger partial charge in [-0.3, -0.25) is 0 Å². The summed E-state index contributed by atoms with van der Waals surface area (Å²) in [6, 6.07) is 4.73. The van der Waals surface area contributed by atoms with Crippen LogP contribution in [0.25, 0.3) is 0 Å². The number of carboxylic acid groups (broad SMARTS) is 1. The molecule has 0 bridgehead atoms. The fourth-order valence-corrected chi connectivity index (χ4v) is 1.27. The van der Waals surface area contributed by atoms with Crippen molar-refractivity contribution >= 4 is 5.97 Å². The van der Waals surface area contributed by atoms with Crippen molar-refractivity contribution in [2.24, 2.45) is 0 Å². The van der Waals surface area contributed by atoms with Gasteiger partial charge in [0.2, 0.25) is 0 Å². The number of benzene rings is 1. The van der Waals surface area contributed by atoms with Gasteiger partial charge in [-0.05, 0) is 18.6 Å². The Morgan fingerprint density at radius 3 is 2.75 bits per heavy atom. The molecular formula is C12H16O4. The standard InChI is InChI=1S/C12H16O4/c1-3-4-7-16-9-5-6-10(12(13)14)11(8-9)15-2/h5-6,8H,3-4,7H2,1-2H3,(H,13,14). The summed E-state index contributed by atoms with van der Waals surface area (Å²) in [5, 5.41) is 8.88. The first kappa shape index (κ1) is 12.4. The number of methoxy groups -OCH3 is 1. The maximum absolute atomic E-state index is 10.8. The first-order chi connectivity index (χ1) is 7.69. The van der Waals surface area contributed by atoms with Crippen LogP contribution in [0, 0.1) is 0 Å². The third-order valence-electron chi connectivity index (χ3n) is 2.17. The van der Waals surface area contributed by atoms with E-state index in [1.54, 1.807) is 12.1 Å². The highest BCUT2D eigenvalue weighted by Crippen LogP contribution is 2.24. The predicted octanol–water partition coefficient (Wildman–Crippen LogP) is 2.57. The van der Waals surface area contributed by atoms with Crippen molar-refractivity contribution in [2.75, 3.05) is 13.7 Å². The minimum Gasteiger partial charge on any atom is -0.496 e. The summed E-state index contributed by atoms with van der Waals surface area (Å²) in [5.41, 5.74) is 0.144. The molecule has 1 aromatic carbocycles. The van der Waals surface area contributed by atoms with E-state index in [0.29, 0.717) is 18.1 Å².